The Bertz CT molecular complexity index is 521. The lowest BCUT2D eigenvalue weighted by atomic mass is 10.4. The molecule has 0 radical (unpaired) electrons. The average molecular weight is 325 g/mol. The van der Waals surface area contributed by atoms with Gasteiger partial charge in [-0.15, -0.1) is 0 Å². The largest absolute Gasteiger partial charge is 0.461 e. The van der Waals surface area contributed by atoms with E-state index >= 15 is 0 Å². The molecule has 8 heteroatoms. The average Bonchev–Trinajstić information content (AvgIpc) is 2.60. The summed E-state index contributed by atoms with van der Waals surface area (Å²) in [6, 6.07) is 1.48. The molecule has 0 bridgehead atoms. The van der Waals surface area contributed by atoms with Crippen LogP contribution in [0, 0.1) is 0 Å². The zero-order valence-corrected chi connectivity index (χ0v) is 12.1. The first-order valence-corrected chi connectivity index (χ1v) is 6.98. The van der Waals surface area contributed by atoms with Gasteiger partial charge in [0.2, 0.25) is 0 Å². The minimum Gasteiger partial charge on any atom is -0.461 e. The lowest BCUT2D eigenvalue weighted by Crippen LogP contribution is -2.31. The fourth-order valence-electron chi connectivity index (χ4n) is 1.15. The lowest BCUT2D eigenvalue weighted by molar-refractivity contribution is 0.0517. The number of rotatable bonds is 4. The molecule has 0 aliphatic carbocycles. The minimum absolute atomic E-state index is 0.0412. The molecule has 0 unspecified atom stereocenters. The summed E-state index contributed by atoms with van der Waals surface area (Å²) in [6.07, 6.45) is 1.30. The topological polar surface area (TPSA) is 68.6 Å². The molecule has 0 atom stereocenters. The number of carbonyl (C=O) groups excluding carboxylic acids is 1. The van der Waals surface area contributed by atoms with E-state index in [2.05, 4.69) is 15.9 Å². The van der Waals surface area contributed by atoms with Gasteiger partial charge in [0.05, 0.1) is 11.1 Å². The van der Waals surface area contributed by atoms with Crippen molar-refractivity contribution in [1.29, 1.82) is 0 Å². The van der Waals surface area contributed by atoms with Crippen LogP contribution in [-0.2, 0) is 14.9 Å². The van der Waals surface area contributed by atoms with E-state index in [1.54, 1.807) is 6.92 Å². The molecule has 0 spiro atoms. The second kappa shape index (κ2) is 5.19. The number of aromatic nitrogens is 1. The maximum absolute atomic E-state index is 11.9. The highest BCUT2D eigenvalue weighted by atomic mass is 79.9. The summed E-state index contributed by atoms with van der Waals surface area (Å²) < 4.78 is 31.0. The van der Waals surface area contributed by atoms with Crippen molar-refractivity contribution < 1.29 is 17.9 Å². The summed E-state index contributed by atoms with van der Waals surface area (Å²) in [4.78, 5) is 11.7. The SMILES string of the molecule is CCOC(=O)c1c(Br)ccn1S(=O)(=O)N(C)C. The molecule has 1 aromatic heterocycles. The maximum atomic E-state index is 11.9. The first-order valence-electron chi connectivity index (χ1n) is 4.79. The molecule has 0 saturated carbocycles. The first-order chi connectivity index (χ1) is 7.82. The Morgan fingerprint density at radius 1 is 1.53 bits per heavy atom. The van der Waals surface area contributed by atoms with Crippen LogP contribution in [0.5, 0.6) is 0 Å². The quantitative estimate of drug-likeness (QED) is 0.777. The van der Waals surface area contributed by atoms with Gasteiger partial charge in [0.1, 0.15) is 0 Å². The Kier molecular flexibility index (Phi) is 4.34. The van der Waals surface area contributed by atoms with E-state index in [9.17, 15) is 13.2 Å². The summed E-state index contributed by atoms with van der Waals surface area (Å²) in [7, 11) is -0.957. The van der Waals surface area contributed by atoms with Crippen LogP contribution < -0.4 is 0 Å². The molecular weight excluding hydrogens is 312 g/mol. The van der Waals surface area contributed by atoms with Gasteiger partial charge < -0.3 is 4.74 Å². The van der Waals surface area contributed by atoms with E-state index < -0.39 is 16.2 Å². The zero-order chi connectivity index (χ0) is 13.2. The number of hydrogen-bond donors (Lipinski definition) is 0. The van der Waals surface area contributed by atoms with Gasteiger partial charge in [-0.3, -0.25) is 0 Å². The number of esters is 1. The fourth-order valence-corrected chi connectivity index (χ4v) is 2.71. The molecule has 0 N–H and O–H groups in total. The number of carbonyl (C=O) groups is 1. The van der Waals surface area contributed by atoms with Crippen molar-refractivity contribution in [3.8, 4) is 0 Å². The molecule has 0 amide bonds. The summed E-state index contributed by atoms with van der Waals surface area (Å²) in [6.45, 7) is 1.83. The number of nitrogens with zero attached hydrogens (tertiary/aromatic N) is 2. The van der Waals surface area contributed by atoms with Gasteiger partial charge in [-0.2, -0.15) is 12.7 Å². The van der Waals surface area contributed by atoms with Gasteiger partial charge in [0.25, 0.3) is 0 Å². The van der Waals surface area contributed by atoms with Crippen molar-refractivity contribution in [3.63, 3.8) is 0 Å². The van der Waals surface area contributed by atoms with Crippen molar-refractivity contribution in [1.82, 2.24) is 8.28 Å². The summed E-state index contributed by atoms with van der Waals surface area (Å²) >= 11 is 3.12. The predicted octanol–water partition coefficient (Wildman–Crippen LogP) is 1.08. The lowest BCUT2D eigenvalue weighted by Gasteiger charge is -2.14. The maximum Gasteiger partial charge on any atom is 0.357 e. The zero-order valence-electron chi connectivity index (χ0n) is 9.68. The van der Waals surface area contributed by atoms with E-state index in [-0.39, 0.29) is 12.3 Å². The summed E-state index contributed by atoms with van der Waals surface area (Å²) in [5, 5.41) is 0. The van der Waals surface area contributed by atoms with Crippen LogP contribution in [0.4, 0.5) is 0 Å². The number of halogens is 1. The van der Waals surface area contributed by atoms with Crippen molar-refractivity contribution in [2.75, 3.05) is 20.7 Å². The normalized spacial score (nSPS) is 11.8. The first kappa shape index (κ1) is 14.2. The standard InChI is InChI=1S/C9H13BrN2O4S/c1-4-16-9(13)8-7(10)5-6-12(8)17(14,15)11(2)3/h5-6H,4H2,1-3H3. The van der Waals surface area contributed by atoms with Crippen LogP contribution in [0.2, 0.25) is 0 Å². The molecular formula is C9H13BrN2O4S. The van der Waals surface area contributed by atoms with Crippen LogP contribution in [0.15, 0.2) is 16.7 Å². The van der Waals surface area contributed by atoms with Crippen LogP contribution in [0.25, 0.3) is 0 Å². The van der Waals surface area contributed by atoms with Crippen LogP contribution in [0.1, 0.15) is 17.4 Å². The highest BCUT2D eigenvalue weighted by Gasteiger charge is 2.26. The van der Waals surface area contributed by atoms with E-state index in [1.165, 1.54) is 26.4 Å². The fraction of sp³-hybridized carbons (Fsp3) is 0.444. The highest BCUT2D eigenvalue weighted by Crippen LogP contribution is 2.21. The predicted molar refractivity (Wildman–Crippen MR) is 66.1 cm³/mol. The molecule has 0 saturated heterocycles. The van der Waals surface area contributed by atoms with Gasteiger partial charge in [-0.05, 0) is 28.9 Å². The third-order valence-electron chi connectivity index (χ3n) is 1.98. The summed E-state index contributed by atoms with van der Waals surface area (Å²) in [5.74, 6) is -0.685. The molecule has 0 aliphatic heterocycles. The van der Waals surface area contributed by atoms with E-state index in [0.717, 1.165) is 8.28 Å². The molecule has 0 aromatic carbocycles. The second-order valence-electron chi connectivity index (χ2n) is 3.32. The number of ether oxygens (including phenoxy) is 1. The van der Waals surface area contributed by atoms with E-state index in [1.807, 2.05) is 0 Å². The Morgan fingerprint density at radius 3 is 2.59 bits per heavy atom. The van der Waals surface area contributed by atoms with E-state index in [4.69, 9.17) is 4.74 Å². The molecule has 6 nitrogen and oxygen atoms in total. The molecule has 17 heavy (non-hydrogen) atoms. The van der Waals surface area contributed by atoms with Gasteiger partial charge in [-0.1, -0.05) is 0 Å². The molecule has 1 rings (SSSR count). The smallest absolute Gasteiger partial charge is 0.357 e. The van der Waals surface area contributed by atoms with Gasteiger partial charge >= 0.3 is 16.2 Å². The van der Waals surface area contributed by atoms with Crippen molar-refractivity contribution in [3.05, 3.63) is 22.4 Å². The van der Waals surface area contributed by atoms with E-state index in [0.29, 0.717) is 4.47 Å². The molecule has 96 valence electrons. The van der Waals surface area contributed by atoms with Crippen LogP contribution in [-0.4, -0.2) is 43.4 Å². The van der Waals surface area contributed by atoms with Gasteiger partial charge in [-0.25, -0.2) is 8.77 Å². The minimum atomic E-state index is -3.73. The highest BCUT2D eigenvalue weighted by molar-refractivity contribution is 9.10. The Morgan fingerprint density at radius 2 is 2.12 bits per heavy atom. The monoisotopic (exact) mass is 324 g/mol. The Labute approximate surface area is 108 Å². The van der Waals surface area contributed by atoms with Crippen LogP contribution in [0.3, 0.4) is 0 Å². The molecule has 0 aliphatic rings. The van der Waals surface area contributed by atoms with Gasteiger partial charge in [0.15, 0.2) is 5.69 Å². The second-order valence-corrected chi connectivity index (χ2v) is 6.19. The van der Waals surface area contributed by atoms with Gasteiger partial charge in [0, 0.05) is 20.3 Å². The third kappa shape index (κ3) is 2.70. The van der Waals surface area contributed by atoms with Crippen molar-refractivity contribution >= 4 is 32.1 Å². The molecule has 0 fully saturated rings. The number of hydrogen-bond acceptors (Lipinski definition) is 4. The van der Waals surface area contributed by atoms with Crippen LogP contribution >= 0.6 is 15.9 Å². The Hall–Kier alpha value is -0.860. The van der Waals surface area contributed by atoms with Crippen molar-refractivity contribution in [2.24, 2.45) is 0 Å². The van der Waals surface area contributed by atoms with Crippen molar-refractivity contribution in [2.45, 2.75) is 6.92 Å². The Balaban J connectivity index is 3.34. The third-order valence-corrected chi connectivity index (χ3v) is 4.35. The molecule has 1 aromatic rings. The summed E-state index contributed by atoms with van der Waals surface area (Å²) in [5.41, 5.74) is -0.0412. The molecule has 1 heterocycles.